The Hall–Kier alpha value is -3.68. The number of fused-ring (bicyclic) bond motifs is 1. The molecule has 0 atom stereocenters. The molecule has 1 aliphatic rings. The molecule has 0 radical (unpaired) electrons. The van der Waals surface area contributed by atoms with Crippen LogP contribution in [-0.4, -0.2) is 78.1 Å². The first-order chi connectivity index (χ1) is 18.2. The number of carbonyl (C=O) groups is 1. The number of methoxy groups -OCH3 is 1. The van der Waals surface area contributed by atoms with Gasteiger partial charge in [-0.1, -0.05) is 11.6 Å². The number of dihydropyridines is 1. The number of nitrogens with zero attached hydrogens (tertiary/aromatic N) is 4. The summed E-state index contributed by atoms with van der Waals surface area (Å²) in [5, 5.41) is 19.4. The predicted octanol–water partition coefficient (Wildman–Crippen LogP) is 2.37. The number of hydrogen-bond donors (Lipinski definition) is 4. The molecule has 0 spiro atoms. The Bertz CT molecular complexity index is 1410. The van der Waals surface area contributed by atoms with Crippen LogP contribution in [0.15, 0.2) is 53.3 Å². The fourth-order valence-electron chi connectivity index (χ4n) is 3.95. The van der Waals surface area contributed by atoms with Gasteiger partial charge >= 0.3 is 7.05 Å². The van der Waals surface area contributed by atoms with Gasteiger partial charge in [0, 0.05) is 23.2 Å². The fourth-order valence-corrected chi connectivity index (χ4v) is 4.14. The number of aromatic nitrogens is 3. The highest BCUT2D eigenvalue weighted by Crippen LogP contribution is 2.31. The van der Waals surface area contributed by atoms with Crippen molar-refractivity contribution in [3.8, 4) is 11.3 Å². The minimum Gasteiger partial charge on any atom is -0.483 e. The summed E-state index contributed by atoms with van der Waals surface area (Å²) in [6.07, 6.45) is 6.37. The molecular formula is C24H27BClF2N7O3. The molecule has 0 fully saturated rings. The highest BCUT2D eigenvalue weighted by atomic mass is 35.5. The number of anilines is 1. The summed E-state index contributed by atoms with van der Waals surface area (Å²) in [5.41, 5.74) is 0.181. The average molecular weight is 546 g/mol. The average Bonchev–Trinajstić information content (AvgIpc) is 3.31. The Morgan fingerprint density at radius 3 is 2.87 bits per heavy atom. The number of carbonyl (C=O) groups excluding carboxylic acids is 1. The van der Waals surface area contributed by atoms with Crippen LogP contribution in [0.1, 0.15) is 16.9 Å². The number of allylic oxidation sites excluding steroid dienone is 2. The quantitative estimate of drug-likeness (QED) is 0.227. The smallest absolute Gasteiger partial charge is 0.452 e. The van der Waals surface area contributed by atoms with Gasteiger partial charge in [-0.3, -0.25) is 9.78 Å². The molecule has 1 aliphatic heterocycles. The van der Waals surface area contributed by atoms with E-state index in [1.54, 1.807) is 0 Å². The molecule has 2 aromatic heterocycles. The maximum absolute atomic E-state index is 15.5. The van der Waals surface area contributed by atoms with E-state index in [-0.39, 0.29) is 34.3 Å². The molecule has 0 unspecified atom stereocenters. The van der Waals surface area contributed by atoms with Crippen molar-refractivity contribution in [1.29, 1.82) is 0 Å². The van der Waals surface area contributed by atoms with Crippen LogP contribution in [-0.2, 0) is 4.74 Å². The second kappa shape index (κ2) is 11.8. The summed E-state index contributed by atoms with van der Waals surface area (Å²) >= 11 is 6.05. The molecule has 14 heteroatoms. The molecule has 0 aliphatic carbocycles. The SMILES string of the molecule is COC1=C(B(O)Nc2ccc(F)c(-c3cn4cnc(C(=O)NCCCN(C)C)c4cn3)c2F)C=C(Cl)CN1. The highest BCUT2D eigenvalue weighted by molar-refractivity contribution is 6.63. The van der Waals surface area contributed by atoms with Gasteiger partial charge in [0.2, 0.25) is 0 Å². The lowest BCUT2D eigenvalue weighted by Crippen LogP contribution is -2.34. The van der Waals surface area contributed by atoms with E-state index in [1.807, 2.05) is 19.0 Å². The lowest BCUT2D eigenvalue weighted by molar-refractivity contribution is 0.0949. The molecule has 10 nitrogen and oxygen atoms in total. The molecule has 1 aromatic carbocycles. The molecule has 0 saturated heterocycles. The Labute approximate surface area is 223 Å². The minimum atomic E-state index is -1.41. The van der Waals surface area contributed by atoms with Gasteiger partial charge in [-0.15, -0.1) is 0 Å². The Balaban J connectivity index is 1.58. The van der Waals surface area contributed by atoms with Crippen LogP contribution in [0.3, 0.4) is 0 Å². The first-order valence-corrected chi connectivity index (χ1v) is 12.1. The van der Waals surface area contributed by atoms with E-state index in [1.165, 1.54) is 42.4 Å². The normalized spacial score (nSPS) is 13.4. The molecule has 4 N–H and O–H groups in total. The highest BCUT2D eigenvalue weighted by Gasteiger charge is 2.27. The Kier molecular flexibility index (Phi) is 8.50. The number of imidazole rings is 1. The third-order valence-electron chi connectivity index (χ3n) is 5.83. The van der Waals surface area contributed by atoms with Crippen LogP contribution in [0.25, 0.3) is 16.8 Å². The molecule has 3 heterocycles. The number of halogens is 3. The van der Waals surface area contributed by atoms with E-state index < -0.39 is 24.2 Å². The van der Waals surface area contributed by atoms with Gasteiger partial charge in [0.15, 0.2) is 17.4 Å². The summed E-state index contributed by atoms with van der Waals surface area (Å²) in [6, 6.07) is 2.23. The van der Waals surface area contributed by atoms with Crippen LogP contribution in [0.5, 0.6) is 0 Å². The zero-order valence-corrected chi connectivity index (χ0v) is 21.8. The van der Waals surface area contributed by atoms with E-state index in [0.29, 0.717) is 23.6 Å². The molecule has 0 saturated carbocycles. The number of amides is 1. The number of ether oxygens (including phenoxy) is 1. The van der Waals surface area contributed by atoms with Crippen molar-refractivity contribution in [3.63, 3.8) is 0 Å². The summed E-state index contributed by atoms with van der Waals surface area (Å²) in [6.45, 7) is 1.62. The van der Waals surface area contributed by atoms with E-state index in [0.717, 1.165) is 19.0 Å². The lowest BCUT2D eigenvalue weighted by Gasteiger charge is -2.21. The van der Waals surface area contributed by atoms with Crippen molar-refractivity contribution in [1.82, 2.24) is 29.9 Å². The van der Waals surface area contributed by atoms with Crippen LogP contribution in [0.2, 0.25) is 0 Å². The molecular weight excluding hydrogens is 519 g/mol. The monoisotopic (exact) mass is 545 g/mol. The molecule has 200 valence electrons. The molecule has 4 rings (SSSR count). The summed E-state index contributed by atoms with van der Waals surface area (Å²) in [4.78, 5) is 22.9. The zero-order chi connectivity index (χ0) is 27.4. The van der Waals surface area contributed by atoms with Gasteiger partial charge in [-0.2, -0.15) is 0 Å². The van der Waals surface area contributed by atoms with Crippen molar-refractivity contribution in [2.24, 2.45) is 0 Å². The van der Waals surface area contributed by atoms with E-state index in [2.05, 4.69) is 25.8 Å². The Morgan fingerprint density at radius 1 is 1.34 bits per heavy atom. The third-order valence-corrected chi connectivity index (χ3v) is 6.08. The lowest BCUT2D eigenvalue weighted by atomic mass is 9.72. The van der Waals surface area contributed by atoms with Crippen molar-refractivity contribution in [3.05, 3.63) is 70.6 Å². The fraction of sp³-hybridized carbons (Fsp3) is 0.292. The predicted molar refractivity (Wildman–Crippen MR) is 141 cm³/mol. The summed E-state index contributed by atoms with van der Waals surface area (Å²) in [7, 11) is 3.90. The molecule has 0 bridgehead atoms. The number of rotatable bonds is 10. The minimum absolute atomic E-state index is 0.0277. The van der Waals surface area contributed by atoms with Crippen molar-refractivity contribution in [2.75, 3.05) is 46.1 Å². The maximum atomic E-state index is 15.5. The summed E-state index contributed by atoms with van der Waals surface area (Å²) in [5.74, 6) is -1.92. The topological polar surface area (TPSA) is 116 Å². The van der Waals surface area contributed by atoms with Crippen molar-refractivity contribution >= 4 is 35.8 Å². The number of benzene rings is 1. The van der Waals surface area contributed by atoms with Gasteiger partial charge in [0.05, 0.1) is 42.3 Å². The van der Waals surface area contributed by atoms with Crippen molar-refractivity contribution < 1.29 is 23.3 Å². The zero-order valence-electron chi connectivity index (χ0n) is 21.1. The molecule has 38 heavy (non-hydrogen) atoms. The van der Waals surface area contributed by atoms with Crippen molar-refractivity contribution in [2.45, 2.75) is 6.42 Å². The second-order valence-corrected chi connectivity index (χ2v) is 9.32. The van der Waals surface area contributed by atoms with Crippen LogP contribution < -0.4 is 15.9 Å². The van der Waals surface area contributed by atoms with Gasteiger partial charge in [0.25, 0.3) is 5.91 Å². The van der Waals surface area contributed by atoms with Crippen LogP contribution in [0.4, 0.5) is 14.5 Å². The maximum Gasteiger partial charge on any atom is 0.452 e. The van der Waals surface area contributed by atoms with Gasteiger partial charge < -0.3 is 34.9 Å². The largest absolute Gasteiger partial charge is 0.483 e. The van der Waals surface area contributed by atoms with Gasteiger partial charge in [-0.05, 0) is 45.3 Å². The number of nitrogens with one attached hydrogen (secondary N) is 3. The number of hydrogen-bond acceptors (Lipinski definition) is 8. The third kappa shape index (κ3) is 5.90. The summed E-state index contributed by atoms with van der Waals surface area (Å²) < 4.78 is 37.0. The van der Waals surface area contributed by atoms with Gasteiger partial charge in [-0.25, -0.2) is 13.8 Å². The van der Waals surface area contributed by atoms with E-state index >= 15 is 4.39 Å². The molecule has 1 amide bonds. The first kappa shape index (κ1) is 27.4. The molecule has 3 aromatic rings. The van der Waals surface area contributed by atoms with E-state index in [9.17, 15) is 14.2 Å². The van der Waals surface area contributed by atoms with Crippen LogP contribution >= 0.6 is 11.6 Å². The van der Waals surface area contributed by atoms with Gasteiger partial charge in [0.1, 0.15) is 12.1 Å². The van der Waals surface area contributed by atoms with E-state index in [4.69, 9.17) is 16.3 Å². The second-order valence-electron chi connectivity index (χ2n) is 8.84. The standard InChI is InChI=1S/C24H27BClF2N7O3/c1-34(2)8-4-7-29-23(36)22-19-11-30-18(12-35(19)13-32-22)20-16(27)5-6-17(21(20)28)33-25(37)15-9-14(26)10-31-24(15)38-3/h5-6,9,11-13,31,33,37H,4,7-8,10H2,1-3H3,(H,29,36). The Morgan fingerprint density at radius 2 is 2.13 bits per heavy atom. The first-order valence-electron chi connectivity index (χ1n) is 11.8. The van der Waals surface area contributed by atoms with Crippen LogP contribution in [0, 0.1) is 11.6 Å².